The Bertz CT molecular complexity index is 982. The fraction of sp³-hybridized carbons (Fsp3) is 0.238. The Kier molecular flexibility index (Phi) is 4.89. The van der Waals surface area contributed by atoms with Crippen LogP contribution in [0.5, 0.6) is 17.2 Å². The lowest BCUT2D eigenvalue weighted by Gasteiger charge is -2.30. The molecule has 2 heterocycles. The third-order valence-corrected chi connectivity index (χ3v) is 4.37. The number of esters is 1. The van der Waals surface area contributed by atoms with E-state index in [1.54, 1.807) is 32.2 Å². The summed E-state index contributed by atoms with van der Waals surface area (Å²) in [7, 11) is 1.59. The van der Waals surface area contributed by atoms with E-state index in [1.165, 1.54) is 0 Å². The van der Waals surface area contributed by atoms with Gasteiger partial charge in [0.1, 0.15) is 17.5 Å². The molecule has 3 aromatic rings. The van der Waals surface area contributed by atoms with Crippen molar-refractivity contribution in [2.75, 3.05) is 7.11 Å². The molecule has 0 aliphatic carbocycles. The van der Waals surface area contributed by atoms with Crippen molar-refractivity contribution in [2.24, 2.45) is 0 Å². The van der Waals surface area contributed by atoms with Crippen LogP contribution in [0.1, 0.15) is 12.7 Å². The van der Waals surface area contributed by atoms with Crippen molar-refractivity contribution in [3.63, 3.8) is 0 Å². The second-order valence-corrected chi connectivity index (χ2v) is 6.29. The molecule has 0 spiro atoms. The minimum atomic E-state index is -0.855. The predicted molar refractivity (Wildman–Crippen MR) is 99.2 cm³/mol. The molecule has 0 N–H and O–H groups in total. The molecule has 1 aromatic heterocycles. The van der Waals surface area contributed by atoms with Gasteiger partial charge in [-0.3, -0.25) is 0 Å². The second-order valence-electron chi connectivity index (χ2n) is 6.29. The van der Waals surface area contributed by atoms with E-state index in [0.717, 1.165) is 5.56 Å². The Labute approximate surface area is 161 Å². The molecule has 1 aliphatic rings. The summed E-state index contributed by atoms with van der Waals surface area (Å²) in [5.41, 5.74) is 1.39. The quantitative estimate of drug-likeness (QED) is 0.625. The SMILES string of the molecule is COc1ccccc1-c1cc(COC(=O)[C@@H]2Oc3ccccc3O[C@H]2C)on1. The number of fused-ring (bicyclic) bond motifs is 1. The molecule has 0 saturated heterocycles. The van der Waals surface area contributed by atoms with Crippen molar-refractivity contribution in [3.05, 3.63) is 60.4 Å². The van der Waals surface area contributed by atoms with Gasteiger partial charge in [-0.1, -0.05) is 29.4 Å². The summed E-state index contributed by atoms with van der Waals surface area (Å²) in [5.74, 6) is 1.69. The fourth-order valence-corrected chi connectivity index (χ4v) is 2.97. The van der Waals surface area contributed by atoms with Gasteiger partial charge in [-0.15, -0.1) is 0 Å². The molecule has 4 rings (SSSR count). The lowest BCUT2D eigenvalue weighted by Crippen LogP contribution is -2.44. The summed E-state index contributed by atoms with van der Waals surface area (Å²) in [4.78, 5) is 12.5. The van der Waals surface area contributed by atoms with Gasteiger partial charge < -0.3 is 23.5 Å². The highest BCUT2D eigenvalue weighted by Gasteiger charge is 2.35. The molecule has 0 saturated carbocycles. The summed E-state index contributed by atoms with van der Waals surface area (Å²) in [6, 6.07) is 16.4. The van der Waals surface area contributed by atoms with Gasteiger partial charge in [0.05, 0.1) is 7.11 Å². The van der Waals surface area contributed by atoms with Crippen LogP contribution in [-0.2, 0) is 16.1 Å². The van der Waals surface area contributed by atoms with E-state index in [1.807, 2.05) is 36.4 Å². The molecule has 144 valence electrons. The number of rotatable bonds is 5. The number of aromatic nitrogens is 1. The van der Waals surface area contributed by atoms with Crippen LogP contribution in [0, 0.1) is 0 Å². The summed E-state index contributed by atoms with van der Waals surface area (Å²) >= 11 is 0. The van der Waals surface area contributed by atoms with Crippen molar-refractivity contribution in [1.29, 1.82) is 0 Å². The lowest BCUT2D eigenvalue weighted by molar-refractivity contribution is -0.159. The Morgan fingerprint density at radius 2 is 1.79 bits per heavy atom. The van der Waals surface area contributed by atoms with Gasteiger partial charge in [-0.2, -0.15) is 0 Å². The Hall–Kier alpha value is -3.48. The molecular weight excluding hydrogens is 362 g/mol. The van der Waals surface area contributed by atoms with Crippen LogP contribution in [0.15, 0.2) is 59.1 Å². The fourth-order valence-electron chi connectivity index (χ4n) is 2.97. The molecule has 1 aliphatic heterocycles. The number of hydrogen-bond donors (Lipinski definition) is 0. The summed E-state index contributed by atoms with van der Waals surface area (Å²) in [6.07, 6.45) is -1.33. The smallest absolute Gasteiger partial charge is 0.351 e. The Morgan fingerprint density at radius 3 is 2.57 bits per heavy atom. The standard InChI is InChI=1S/C21H19NO6/c1-13-20(27-19-10-6-5-9-18(19)26-13)21(23)25-12-14-11-16(22-28-14)15-7-3-4-8-17(15)24-2/h3-11,13,20H,12H2,1-2H3/t13-,20+/m0/s1. The van der Waals surface area contributed by atoms with Crippen LogP contribution in [0.4, 0.5) is 0 Å². The number of benzene rings is 2. The van der Waals surface area contributed by atoms with Crippen LogP contribution < -0.4 is 14.2 Å². The minimum Gasteiger partial charge on any atom is -0.496 e. The van der Waals surface area contributed by atoms with Crippen LogP contribution in [0.3, 0.4) is 0 Å². The predicted octanol–water partition coefficient (Wildman–Crippen LogP) is 3.62. The topological polar surface area (TPSA) is 80.0 Å². The molecule has 0 bridgehead atoms. The van der Waals surface area contributed by atoms with Gasteiger partial charge in [0.25, 0.3) is 0 Å². The highest BCUT2D eigenvalue weighted by Crippen LogP contribution is 2.34. The zero-order valence-electron chi connectivity index (χ0n) is 15.5. The average Bonchev–Trinajstić information content (AvgIpc) is 3.20. The molecule has 28 heavy (non-hydrogen) atoms. The maximum Gasteiger partial charge on any atom is 0.351 e. The normalized spacial score (nSPS) is 17.8. The van der Waals surface area contributed by atoms with Crippen LogP contribution >= 0.6 is 0 Å². The van der Waals surface area contributed by atoms with Gasteiger partial charge in [-0.25, -0.2) is 4.79 Å². The first kappa shape index (κ1) is 17.9. The summed E-state index contributed by atoms with van der Waals surface area (Å²) in [5, 5.41) is 4.03. The number of methoxy groups -OCH3 is 1. The number of ether oxygens (including phenoxy) is 4. The molecule has 7 nitrogen and oxygen atoms in total. The summed E-state index contributed by atoms with van der Waals surface area (Å²) in [6.45, 7) is 1.70. The van der Waals surface area contributed by atoms with E-state index in [9.17, 15) is 4.79 Å². The zero-order valence-corrected chi connectivity index (χ0v) is 15.5. The summed E-state index contributed by atoms with van der Waals surface area (Å²) < 4.78 is 27.4. The molecule has 2 aromatic carbocycles. The molecule has 7 heteroatoms. The van der Waals surface area contributed by atoms with Gasteiger partial charge in [-0.05, 0) is 31.2 Å². The monoisotopic (exact) mass is 381 g/mol. The van der Waals surface area contributed by atoms with E-state index in [2.05, 4.69) is 5.16 Å². The van der Waals surface area contributed by atoms with Gasteiger partial charge >= 0.3 is 5.97 Å². The first-order valence-electron chi connectivity index (χ1n) is 8.83. The molecule has 2 atom stereocenters. The van der Waals surface area contributed by atoms with E-state index < -0.39 is 18.2 Å². The van der Waals surface area contributed by atoms with Crippen LogP contribution in [0.2, 0.25) is 0 Å². The molecule has 0 amide bonds. The van der Waals surface area contributed by atoms with Gasteiger partial charge in [0.2, 0.25) is 6.10 Å². The van der Waals surface area contributed by atoms with Crippen molar-refractivity contribution in [1.82, 2.24) is 5.16 Å². The lowest BCUT2D eigenvalue weighted by atomic mass is 10.1. The molecular formula is C21H19NO6. The number of para-hydroxylation sites is 3. The third kappa shape index (κ3) is 3.51. The maximum absolute atomic E-state index is 12.5. The highest BCUT2D eigenvalue weighted by atomic mass is 16.6. The first-order chi connectivity index (χ1) is 13.7. The Morgan fingerprint density at radius 1 is 1.07 bits per heavy atom. The zero-order chi connectivity index (χ0) is 19.5. The average molecular weight is 381 g/mol. The molecule has 0 fully saturated rings. The molecule has 0 radical (unpaired) electrons. The number of carbonyl (C=O) groups is 1. The van der Waals surface area contributed by atoms with Crippen molar-refractivity contribution < 1.29 is 28.3 Å². The number of carbonyl (C=O) groups excluding carboxylic acids is 1. The maximum atomic E-state index is 12.5. The van der Waals surface area contributed by atoms with Crippen molar-refractivity contribution >= 4 is 5.97 Å². The van der Waals surface area contributed by atoms with Crippen LogP contribution in [-0.4, -0.2) is 30.4 Å². The van der Waals surface area contributed by atoms with Crippen molar-refractivity contribution in [3.8, 4) is 28.5 Å². The first-order valence-corrected chi connectivity index (χ1v) is 8.83. The van der Waals surface area contributed by atoms with E-state index in [-0.39, 0.29) is 6.61 Å². The van der Waals surface area contributed by atoms with Crippen LogP contribution in [0.25, 0.3) is 11.3 Å². The third-order valence-electron chi connectivity index (χ3n) is 4.37. The van der Waals surface area contributed by atoms with Crippen molar-refractivity contribution in [2.45, 2.75) is 25.7 Å². The van der Waals surface area contributed by atoms with E-state index in [4.69, 9.17) is 23.5 Å². The highest BCUT2D eigenvalue weighted by molar-refractivity contribution is 5.76. The Balaban J connectivity index is 1.41. The van der Waals surface area contributed by atoms with Gasteiger partial charge in [0, 0.05) is 11.6 Å². The molecule has 0 unspecified atom stereocenters. The van der Waals surface area contributed by atoms with E-state index in [0.29, 0.717) is 28.7 Å². The van der Waals surface area contributed by atoms with Gasteiger partial charge in [0.15, 0.2) is 23.9 Å². The number of nitrogens with zero attached hydrogens (tertiary/aromatic N) is 1. The minimum absolute atomic E-state index is 0.0603. The second kappa shape index (κ2) is 7.64. The van der Waals surface area contributed by atoms with E-state index >= 15 is 0 Å². The largest absolute Gasteiger partial charge is 0.496 e. The number of hydrogen-bond acceptors (Lipinski definition) is 7.